The van der Waals surface area contributed by atoms with Crippen molar-refractivity contribution in [2.75, 3.05) is 13.7 Å². The molecule has 0 aliphatic heterocycles. The summed E-state index contributed by atoms with van der Waals surface area (Å²) in [6.07, 6.45) is 6.39. The second-order valence-electron chi connectivity index (χ2n) is 6.74. The van der Waals surface area contributed by atoms with E-state index < -0.39 is 5.97 Å². The zero-order valence-electron chi connectivity index (χ0n) is 15.3. The molecule has 0 saturated heterocycles. The van der Waals surface area contributed by atoms with E-state index in [0.29, 0.717) is 23.8 Å². The number of hydrogen-bond donors (Lipinski definition) is 0. The second kappa shape index (κ2) is 9.27. The maximum Gasteiger partial charge on any atom is 0.341 e. The fourth-order valence-corrected chi connectivity index (χ4v) is 3.29. The summed E-state index contributed by atoms with van der Waals surface area (Å²) in [6, 6.07) is 15.2. The van der Waals surface area contributed by atoms with E-state index in [0.717, 1.165) is 17.9 Å². The number of hydrogen-bond acceptors (Lipinski definition) is 4. The Kier molecular flexibility index (Phi) is 6.53. The molecule has 0 bridgehead atoms. The van der Waals surface area contributed by atoms with E-state index in [4.69, 9.17) is 14.2 Å². The first kappa shape index (κ1) is 18.3. The molecule has 4 nitrogen and oxygen atoms in total. The average molecular weight is 354 g/mol. The second-order valence-corrected chi connectivity index (χ2v) is 6.74. The first-order valence-electron chi connectivity index (χ1n) is 9.28. The van der Waals surface area contributed by atoms with Crippen molar-refractivity contribution >= 4 is 5.97 Å². The normalized spacial score (nSPS) is 14.7. The monoisotopic (exact) mass is 354 g/mol. The molecule has 0 heterocycles. The molecule has 1 aliphatic rings. The molecule has 0 amide bonds. The van der Waals surface area contributed by atoms with Crippen LogP contribution < -0.4 is 9.47 Å². The Labute approximate surface area is 155 Å². The van der Waals surface area contributed by atoms with E-state index >= 15 is 0 Å². The van der Waals surface area contributed by atoms with Gasteiger partial charge in [-0.1, -0.05) is 49.6 Å². The zero-order chi connectivity index (χ0) is 18.2. The summed E-state index contributed by atoms with van der Waals surface area (Å²) >= 11 is 0. The van der Waals surface area contributed by atoms with Crippen LogP contribution in [-0.2, 0) is 11.3 Å². The highest BCUT2D eigenvalue weighted by Crippen LogP contribution is 2.29. The summed E-state index contributed by atoms with van der Waals surface area (Å²) in [5, 5.41) is 0. The molecule has 0 N–H and O–H groups in total. The van der Waals surface area contributed by atoms with Gasteiger partial charge in [-0.3, -0.25) is 0 Å². The predicted octanol–water partition coefficient (Wildman–Crippen LogP) is 5.01. The van der Waals surface area contributed by atoms with Crippen LogP contribution in [0, 0.1) is 5.92 Å². The van der Waals surface area contributed by atoms with Crippen LogP contribution in [-0.4, -0.2) is 19.7 Å². The van der Waals surface area contributed by atoms with E-state index in [1.807, 2.05) is 36.4 Å². The molecule has 0 spiro atoms. The van der Waals surface area contributed by atoms with Crippen LogP contribution in [0.3, 0.4) is 0 Å². The fraction of sp³-hybridized carbons (Fsp3) is 0.409. The first-order valence-corrected chi connectivity index (χ1v) is 9.28. The highest BCUT2D eigenvalue weighted by Gasteiger charge is 2.17. The summed E-state index contributed by atoms with van der Waals surface area (Å²) < 4.78 is 16.7. The Balaban J connectivity index is 1.69. The van der Waals surface area contributed by atoms with E-state index in [1.54, 1.807) is 12.1 Å². The van der Waals surface area contributed by atoms with Gasteiger partial charge >= 0.3 is 5.97 Å². The van der Waals surface area contributed by atoms with Crippen molar-refractivity contribution in [3.05, 3.63) is 59.7 Å². The van der Waals surface area contributed by atoms with Crippen molar-refractivity contribution in [1.82, 2.24) is 0 Å². The molecule has 3 rings (SSSR count). The highest BCUT2D eigenvalue weighted by molar-refractivity contribution is 5.92. The molecule has 2 aromatic rings. The van der Waals surface area contributed by atoms with Gasteiger partial charge in [0.1, 0.15) is 23.7 Å². The third-order valence-corrected chi connectivity index (χ3v) is 4.81. The molecule has 0 atom stereocenters. The van der Waals surface area contributed by atoms with Gasteiger partial charge in [-0.2, -0.15) is 0 Å². The lowest BCUT2D eigenvalue weighted by Crippen LogP contribution is -2.15. The Morgan fingerprint density at radius 1 is 1.00 bits per heavy atom. The van der Waals surface area contributed by atoms with Crippen LogP contribution in [0.1, 0.15) is 48.0 Å². The van der Waals surface area contributed by atoms with Gasteiger partial charge in [0.05, 0.1) is 13.7 Å². The van der Waals surface area contributed by atoms with E-state index in [1.165, 1.54) is 39.2 Å². The minimum Gasteiger partial charge on any atom is -0.493 e. The minimum absolute atomic E-state index is 0.386. The molecule has 4 heteroatoms. The van der Waals surface area contributed by atoms with Gasteiger partial charge in [-0.25, -0.2) is 4.79 Å². The zero-order valence-corrected chi connectivity index (χ0v) is 15.3. The van der Waals surface area contributed by atoms with Gasteiger partial charge in [0.25, 0.3) is 0 Å². The Morgan fingerprint density at radius 3 is 2.50 bits per heavy atom. The average Bonchev–Trinajstić information content (AvgIpc) is 2.71. The molecular weight excluding hydrogens is 328 g/mol. The number of esters is 1. The van der Waals surface area contributed by atoms with Gasteiger partial charge in [-0.05, 0) is 36.5 Å². The first-order chi connectivity index (χ1) is 12.8. The number of rotatable bonds is 7. The number of carbonyl (C=O) groups excluding carboxylic acids is 1. The van der Waals surface area contributed by atoms with Crippen LogP contribution in [0.5, 0.6) is 11.5 Å². The highest BCUT2D eigenvalue weighted by atomic mass is 16.5. The lowest BCUT2D eigenvalue weighted by Gasteiger charge is -2.22. The quantitative estimate of drug-likeness (QED) is 0.656. The smallest absolute Gasteiger partial charge is 0.341 e. The number of carbonyl (C=O) groups is 1. The van der Waals surface area contributed by atoms with Gasteiger partial charge in [0.2, 0.25) is 0 Å². The molecule has 1 saturated carbocycles. The lowest BCUT2D eigenvalue weighted by molar-refractivity contribution is 0.0595. The van der Waals surface area contributed by atoms with Gasteiger partial charge in [-0.15, -0.1) is 0 Å². The van der Waals surface area contributed by atoms with Crippen LogP contribution in [0.4, 0.5) is 0 Å². The number of ether oxygens (including phenoxy) is 3. The molecule has 1 aliphatic carbocycles. The minimum atomic E-state index is -0.410. The number of benzene rings is 2. The molecule has 2 aromatic carbocycles. The maximum atomic E-state index is 12.0. The Morgan fingerprint density at radius 2 is 1.77 bits per heavy atom. The molecule has 0 aromatic heterocycles. The van der Waals surface area contributed by atoms with Gasteiger partial charge in [0, 0.05) is 6.07 Å². The largest absolute Gasteiger partial charge is 0.493 e. The fourth-order valence-electron chi connectivity index (χ4n) is 3.29. The summed E-state index contributed by atoms with van der Waals surface area (Å²) in [5.41, 5.74) is 1.45. The summed E-state index contributed by atoms with van der Waals surface area (Å²) in [4.78, 5) is 12.0. The topological polar surface area (TPSA) is 44.8 Å². The van der Waals surface area contributed by atoms with Crippen LogP contribution >= 0.6 is 0 Å². The SMILES string of the molecule is COC(=O)c1ccc(OCC2CCCCC2)cc1OCc1ccccc1. The molecule has 0 radical (unpaired) electrons. The summed E-state index contributed by atoms with van der Waals surface area (Å²) in [7, 11) is 1.37. The van der Waals surface area contributed by atoms with Crippen molar-refractivity contribution in [1.29, 1.82) is 0 Å². The Bertz CT molecular complexity index is 705. The van der Waals surface area contributed by atoms with Crippen molar-refractivity contribution in [2.45, 2.75) is 38.7 Å². The maximum absolute atomic E-state index is 12.0. The third-order valence-electron chi connectivity index (χ3n) is 4.81. The summed E-state index contributed by atoms with van der Waals surface area (Å²) in [5.74, 6) is 1.43. The predicted molar refractivity (Wildman–Crippen MR) is 101 cm³/mol. The Hall–Kier alpha value is -2.49. The van der Waals surface area contributed by atoms with Crippen LogP contribution in [0.25, 0.3) is 0 Å². The van der Waals surface area contributed by atoms with E-state index in [9.17, 15) is 4.79 Å². The molecule has 26 heavy (non-hydrogen) atoms. The van der Waals surface area contributed by atoms with Crippen molar-refractivity contribution < 1.29 is 19.0 Å². The number of methoxy groups -OCH3 is 1. The lowest BCUT2D eigenvalue weighted by atomic mass is 9.90. The van der Waals surface area contributed by atoms with Gasteiger partial charge < -0.3 is 14.2 Å². The van der Waals surface area contributed by atoms with Crippen LogP contribution in [0.2, 0.25) is 0 Å². The van der Waals surface area contributed by atoms with E-state index in [2.05, 4.69) is 0 Å². The standard InChI is InChI=1S/C22H26O4/c1-24-22(23)20-13-12-19(25-15-17-8-4-2-5-9-17)14-21(20)26-16-18-10-6-3-7-11-18/h3,6-7,10-14,17H,2,4-5,8-9,15-16H2,1H3. The van der Waals surface area contributed by atoms with E-state index in [-0.39, 0.29) is 0 Å². The van der Waals surface area contributed by atoms with Crippen molar-refractivity contribution in [2.24, 2.45) is 5.92 Å². The molecule has 0 unspecified atom stereocenters. The van der Waals surface area contributed by atoms with Crippen molar-refractivity contribution in [3.8, 4) is 11.5 Å². The van der Waals surface area contributed by atoms with Crippen molar-refractivity contribution in [3.63, 3.8) is 0 Å². The molecule has 1 fully saturated rings. The van der Waals surface area contributed by atoms with Gasteiger partial charge in [0.15, 0.2) is 0 Å². The van der Waals surface area contributed by atoms with Crippen LogP contribution in [0.15, 0.2) is 48.5 Å². The third kappa shape index (κ3) is 5.01. The molecular formula is C22H26O4. The summed E-state index contributed by atoms with van der Waals surface area (Å²) in [6.45, 7) is 1.10. The molecule has 138 valence electrons.